The Morgan fingerprint density at radius 1 is 1.11 bits per heavy atom. The van der Waals surface area contributed by atoms with Crippen molar-refractivity contribution in [1.82, 2.24) is 4.98 Å². The van der Waals surface area contributed by atoms with Crippen molar-refractivity contribution in [3.05, 3.63) is 65.2 Å². The minimum atomic E-state index is -4.56. The molecule has 37 heavy (non-hydrogen) atoms. The van der Waals surface area contributed by atoms with E-state index in [-0.39, 0.29) is 30.4 Å². The van der Waals surface area contributed by atoms with Gasteiger partial charge in [-0.1, -0.05) is 6.07 Å². The lowest BCUT2D eigenvalue weighted by Gasteiger charge is -2.15. The Bertz CT molecular complexity index is 1310. The van der Waals surface area contributed by atoms with Gasteiger partial charge >= 0.3 is 12.1 Å². The standard InChI is InChI=1S/C27H25F3N2O5/c28-27(29,30)21-7-9-24(32-26(21)18-4-8-22-23(13-18)37-15-36-22)31-10-1-11-35-19-5-6-20-16(12-19)2-3-17(20)14-25(33)34/h4-9,12-13,17H,1-3,10-11,14-15H2,(H,31,32)(H,33,34)/t17-/m0/s1. The van der Waals surface area contributed by atoms with Gasteiger partial charge in [-0.2, -0.15) is 13.2 Å². The van der Waals surface area contributed by atoms with Gasteiger partial charge in [-0.05, 0) is 78.8 Å². The number of nitrogens with zero attached hydrogens (tertiary/aromatic N) is 1. The molecule has 2 N–H and O–H groups in total. The van der Waals surface area contributed by atoms with Crippen LogP contribution in [0.1, 0.15) is 41.9 Å². The number of ether oxygens (including phenoxy) is 3. The summed E-state index contributed by atoms with van der Waals surface area (Å²) in [6, 6.07) is 12.7. The highest BCUT2D eigenvalue weighted by Gasteiger charge is 2.35. The number of nitrogens with one attached hydrogen (secondary N) is 1. The predicted molar refractivity (Wildman–Crippen MR) is 129 cm³/mol. The van der Waals surface area contributed by atoms with E-state index in [1.165, 1.54) is 18.2 Å². The monoisotopic (exact) mass is 514 g/mol. The fourth-order valence-electron chi connectivity index (χ4n) is 4.72. The quantitative estimate of drug-likeness (QED) is 0.345. The van der Waals surface area contributed by atoms with Gasteiger partial charge in [0.15, 0.2) is 11.5 Å². The molecular formula is C27H25F3N2O5. The van der Waals surface area contributed by atoms with E-state index in [4.69, 9.17) is 19.3 Å². The first kappa shape index (κ1) is 24.7. The van der Waals surface area contributed by atoms with Crippen LogP contribution in [0.4, 0.5) is 19.0 Å². The average Bonchev–Trinajstić information content (AvgIpc) is 3.49. The Kier molecular flexibility index (Phi) is 6.82. The van der Waals surface area contributed by atoms with Crippen molar-refractivity contribution < 1.29 is 37.3 Å². The number of hydrogen-bond donors (Lipinski definition) is 2. The van der Waals surface area contributed by atoms with Crippen molar-refractivity contribution in [3.63, 3.8) is 0 Å². The van der Waals surface area contributed by atoms with Crippen LogP contribution in [0.5, 0.6) is 17.2 Å². The third-order valence-electron chi connectivity index (χ3n) is 6.48. The first-order valence-corrected chi connectivity index (χ1v) is 12.0. The number of aryl methyl sites for hydroxylation is 1. The first-order chi connectivity index (χ1) is 17.8. The first-order valence-electron chi connectivity index (χ1n) is 12.0. The molecule has 2 heterocycles. The van der Waals surface area contributed by atoms with Crippen molar-refractivity contribution in [3.8, 4) is 28.5 Å². The Hall–Kier alpha value is -3.95. The average molecular weight is 515 g/mol. The molecule has 194 valence electrons. The van der Waals surface area contributed by atoms with Gasteiger partial charge in [-0.25, -0.2) is 4.98 Å². The van der Waals surface area contributed by atoms with Crippen molar-refractivity contribution in [2.24, 2.45) is 0 Å². The highest BCUT2D eigenvalue weighted by atomic mass is 19.4. The van der Waals surface area contributed by atoms with Gasteiger partial charge in [-0.3, -0.25) is 4.79 Å². The van der Waals surface area contributed by atoms with Gasteiger partial charge in [0, 0.05) is 12.1 Å². The second-order valence-electron chi connectivity index (χ2n) is 8.98. The summed E-state index contributed by atoms with van der Waals surface area (Å²) >= 11 is 0. The number of alkyl halides is 3. The zero-order chi connectivity index (χ0) is 26.0. The second kappa shape index (κ2) is 10.2. The Balaban J connectivity index is 1.19. The van der Waals surface area contributed by atoms with Gasteiger partial charge in [0.25, 0.3) is 0 Å². The van der Waals surface area contributed by atoms with Crippen LogP contribution in [0.25, 0.3) is 11.3 Å². The van der Waals surface area contributed by atoms with E-state index in [1.807, 2.05) is 18.2 Å². The number of hydrogen-bond acceptors (Lipinski definition) is 6. The lowest BCUT2D eigenvalue weighted by atomic mass is 9.98. The molecule has 1 aromatic heterocycles. The number of carboxylic acids is 1. The molecule has 0 radical (unpaired) electrons. The van der Waals surface area contributed by atoms with Crippen LogP contribution < -0.4 is 19.5 Å². The number of aliphatic carboxylic acids is 1. The van der Waals surface area contributed by atoms with Crippen LogP contribution in [0, 0.1) is 0 Å². The molecule has 1 aliphatic carbocycles. The van der Waals surface area contributed by atoms with Gasteiger partial charge in [0.05, 0.1) is 24.3 Å². The van der Waals surface area contributed by atoms with E-state index in [1.54, 1.807) is 6.07 Å². The molecule has 1 atom stereocenters. The third kappa shape index (κ3) is 5.58. The summed E-state index contributed by atoms with van der Waals surface area (Å²) in [5, 5.41) is 12.1. The summed E-state index contributed by atoms with van der Waals surface area (Å²) in [5.74, 6) is 1.15. The fraction of sp³-hybridized carbons (Fsp3) is 0.333. The summed E-state index contributed by atoms with van der Waals surface area (Å²) in [4.78, 5) is 15.3. The Morgan fingerprint density at radius 3 is 2.76 bits per heavy atom. The highest BCUT2D eigenvalue weighted by molar-refractivity contribution is 5.70. The molecule has 3 aromatic rings. The molecule has 0 unspecified atom stereocenters. The number of rotatable bonds is 9. The number of benzene rings is 2. The minimum absolute atomic E-state index is 0.0265. The lowest BCUT2D eigenvalue weighted by Crippen LogP contribution is -2.12. The second-order valence-corrected chi connectivity index (χ2v) is 8.98. The molecular weight excluding hydrogens is 489 g/mol. The number of halogens is 3. The molecule has 0 bridgehead atoms. The Morgan fingerprint density at radius 2 is 1.95 bits per heavy atom. The molecule has 10 heteroatoms. The number of pyridine rings is 1. The molecule has 0 spiro atoms. The zero-order valence-electron chi connectivity index (χ0n) is 19.8. The predicted octanol–water partition coefficient (Wildman–Crippen LogP) is 5.88. The third-order valence-corrected chi connectivity index (χ3v) is 6.48. The Labute approximate surface area is 211 Å². The maximum Gasteiger partial charge on any atom is 0.418 e. The molecule has 1 aliphatic heterocycles. The molecule has 2 aromatic carbocycles. The molecule has 2 aliphatic rings. The van der Waals surface area contributed by atoms with Crippen molar-refractivity contribution in [2.75, 3.05) is 25.3 Å². The van der Waals surface area contributed by atoms with E-state index < -0.39 is 17.7 Å². The molecule has 5 rings (SSSR count). The summed E-state index contributed by atoms with van der Waals surface area (Å²) < 4.78 is 57.4. The van der Waals surface area contributed by atoms with Crippen molar-refractivity contribution in [1.29, 1.82) is 0 Å². The maximum absolute atomic E-state index is 13.7. The zero-order valence-corrected chi connectivity index (χ0v) is 19.8. The van der Waals surface area contributed by atoms with Crippen molar-refractivity contribution >= 4 is 11.8 Å². The van der Waals surface area contributed by atoms with E-state index in [9.17, 15) is 18.0 Å². The van der Waals surface area contributed by atoms with Gasteiger partial charge in [0.2, 0.25) is 6.79 Å². The van der Waals surface area contributed by atoms with Crippen LogP contribution in [0.15, 0.2) is 48.5 Å². The largest absolute Gasteiger partial charge is 0.494 e. The summed E-state index contributed by atoms with van der Waals surface area (Å²) in [5.41, 5.74) is 1.45. The number of aromatic nitrogens is 1. The topological polar surface area (TPSA) is 89.9 Å². The van der Waals surface area contributed by atoms with Gasteiger partial charge < -0.3 is 24.6 Å². The number of fused-ring (bicyclic) bond motifs is 2. The normalized spacial score (nSPS) is 15.9. The number of carboxylic acid groups (broad SMARTS) is 1. The van der Waals surface area contributed by atoms with E-state index in [0.29, 0.717) is 42.6 Å². The van der Waals surface area contributed by atoms with Gasteiger partial charge in [-0.15, -0.1) is 0 Å². The molecule has 7 nitrogen and oxygen atoms in total. The SMILES string of the molecule is O=C(O)C[C@@H]1CCc2cc(OCCCNc3ccc(C(F)(F)F)c(-c4ccc5c(c4)OCO5)n3)ccc21. The number of anilines is 1. The molecule has 0 saturated carbocycles. The van der Waals surface area contributed by atoms with Crippen LogP contribution in [0.3, 0.4) is 0 Å². The van der Waals surface area contributed by atoms with Crippen LogP contribution >= 0.6 is 0 Å². The van der Waals surface area contributed by atoms with Crippen LogP contribution in [-0.4, -0.2) is 36.0 Å². The minimum Gasteiger partial charge on any atom is -0.494 e. The summed E-state index contributed by atoms with van der Waals surface area (Å²) in [6.07, 6.45) is -2.18. The van der Waals surface area contributed by atoms with E-state index in [0.717, 1.165) is 30.0 Å². The van der Waals surface area contributed by atoms with E-state index >= 15 is 0 Å². The molecule has 0 saturated heterocycles. The smallest absolute Gasteiger partial charge is 0.418 e. The highest BCUT2D eigenvalue weighted by Crippen LogP contribution is 2.41. The van der Waals surface area contributed by atoms with Crippen LogP contribution in [0.2, 0.25) is 0 Å². The van der Waals surface area contributed by atoms with Crippen LogP contribution in [-0.2, 0) is 17.4 Å². The van der Waals surface area contributed by atoms with Crippen molar-refractivity contribution in [2.45, 2.75) is 37.8 Å². The summed E-state index contributed by atoms with van der Waals surface area (Å²) in [6.45, 7) is 0.878. The van der Waals surface area contributed by atoms with E-state index in [2.05, 4.69) is 10.3 Å². The molecule has 0 amide bonds. The maximum atomic E-state index is 13.7. The summed E-state index contributed by atoms with van der Waals surface area (Å²) in [7, 11) is 0. The molecule has 0 fully saturated rings. The number of carbonyl (C=O) groups is 1. The fourth-order valence-corrected chi connectivity index (χ4v) is 4.72. The lowest BCUT2D eigenvalue weighted by molar-refractivity contribution is -0.138. The van der Waals surface area contributed by atoms with Gasteiger partial charge in [0.1, 0.15) is 11.6 Å².